The lowest BCUT2D eigenvalue weighted by Gasteiger charge is -2.43. The van der Waals surface area contributed by atoms with E-state index in [4.69, 9.17) is 11.5 Å². The zero-order valence-electron chi connectivity index (χ0n) is 44.7. The number of benzene rings is 1. The standard InChI is InChI=1S/C51H87N13O9/c1-9-60(35(4)5)25-15-14-21-43(51(73)57-40(33-65)50(72)54-24-22-46(68)61(32-44(53)66)30-39-31-62(59-58-39)26-16-23-52)64(42-20-13-11-18-37(42)7)48(70)29-56-49(71)38(8)63(41-19-12-10-17-36(41)6)47(69)28-55-45(67)27-34(2)3/h10,12,17,19,31,34-35,37-38,40,42-43,58-59,65H,9,11,13-16,18,20-30,32-33,52H2,1-8H3,(H2,53,66)(H,54,72)(H,55,67)(H,56,71)(H,57,73)/t37?,38-,40?,42?,43-/m0/s1. The van der Waals surface area contributed by atoms with Gasteiger partial charge in [-0.05, 0) is 109 Å². The van der Waals surface area contributed by atoms with Crippen LogP contribution in [-0.2, 0) is 38.4 Å². The van der Waals surface area contributed by atoms with E-state index < -0.39 is 78.7 Å². The molecule has 1 aromatic rings. The number of rotatable bonds is 32. The van der Waals surface area contributed by atoms with Gasteiger partial charge in [0.1, 0.15) is 18.1 Å². The quantitative estimate of drug-likeness (QED) is 0.0444. The van der Waals surface area contributed by atoms with Gasteiger partial charge in [0.2, 0.25) is 47.3 Å². The largest absolute Gasteiger partial charge is 0.394 e. The second-order valence-electron chi connectivity index (χ2n) is 19.9. The lowest BCUT2D eigenvalue weighted by Crippen LogP contribution is -2.61. The Labute approximate surface area is 432 Å². The normalized spacial score (nSPS) is 16.7. The predicted molar refractivity (Wildman–Crippen MR) is 279 cm³/mol. The number of aliphatic hydroxyl groups is 1. The first-order valence-electron chi connectivity index (χ1n) is 26.1. The van der Waals surface area contributed by atoms with Crippen molar-refractivity contribution in [2.45, 2.75) is 150 Å². The highest BCUT2D eigenvalue weighted by Gasteiger charge is 2.40. The monoisotopic (exact) mass is 1030 g/mol. The number of amides is 8. The minimum atomic E-state index is -1.46. The third-order valence-corrected chi connectivity index (χ3v) is 13.3. The molecule has 3 rings (SSSR count). The van der Waals surface area contributed by atoms with Crippen LogP contribution in [0.2, 0.25) is 0 Å². The van der Waals surface area contributed by atoms with Crippen molar-refractivity contribution in [3.63, 3.8) is 0 Å². The Hall–Kier alpha value is -5.84. The first kappa shape index (κ1) is 61.5. The summed E-state index contributed by atoms with van der Waals surface area (Å²) >= 11 is 0. The summed E-state index contributed by atoms with van der Waals surface area (Å²) in [5.74, 6) is -4.57. The molecule has 1 aliphatic carbocycles. The number of anilines is 1. The van der Waals surface area contributed by atoms with Gasteiger partial charge in [-0.1, -0.05) is 58.7 Å². The summed E-state index contributed by atoms with van der Waals surface area (Å²) < 4.78 is 0. The smallest absolute Gasteiger partial charge is 0.247 e. The first-order valence-corrected chi connectivity index (χ1v) is 26.1. The molecule has 3 unspecified atom stereocenters. The van der Waals surface area contributed by atoms with Crippen molar-refractivity contribution in [3.05, 3.63) is 41.7 Å². The predicted octanol–water partition coefficient (Wildman–Crippen LogP) is 0.484. The Morgan fingerprint density at radius 3 is 2.21 bits per heavy atom. The van der Waals surface area contributed by atoms with Crippen molar-refractivity contribution in [1.82, 2.24) is 51.9 Å². The van der Waals surface area contributed by atoms with Crippen LogP contribution >= 0.6 is 0 Å². The average molecular weight is 1030 g/mol. The fraction of sp³-hybridized carbons (Fsp3) is 0.686. The number of hydrogen-bond acceptors (Lipinski definition) is 14. The first-order chi connectivity index (χ1) is 34.7. The molecule has 1 saturated carbocycles. The van der Waals surface area contributed by atoms with E-state index in [1.165, 1.54) is 9.80 Å². The van der Waals surface area contributed by atoms with E-state index in [1.54, 1.807) is 54.2 Å². The number of nitrogens with zero attached hydrogens (tertiary/aromatic N) is 5. The number of unbranched alkanes of at least 4 members (excludes halogenated alkanes) is 1. The van der Waals surface area contributed by atoms with Crippen molar-refractivity contribution < 1.29 is 43.5 Å². The minimum Gasteiger partial charge on any atom is -0.394 e. The van der Waals surface area contributed by atoms with Crippen LogP contribution in [0.3, 0.4) is 0 Å². The molecule has 11 N–H and O–H groups in total. The zero-order valence-corrected chi connectivity index (χ0v) is 44.7. The average Bonchev–Trinajstić information content (AvgIpc) is 3.80. The van der Waals surface area contributed by atoms with Gasteiger partial charge in [-0.25, -0.2) is 0 Å². The minimum absolute atomic E-state index is 0.0186. The van der Waals surface area contributed by atoms with Crippen LogP contribution in [0.1, 0.15) is 118 Å². The Morgan fingerprint density at radius 2 is 1.58 bits per heavy atom. The van der Waals surface area contributed by atoms with Crippen molar-refractivity contribution in [2.75, 3.05) is 70.4 Å². The molecule has 22 heteroatoms. The van der Waals surface area contributed by atoms with Crippen molar-refractivity contribution in [1.29, 1.82) is 0 Å². The van der Waals surface area contributed by atoms with Gasteiger partial charge < -0.3 is 58.0 Å². The summed E-state index contributed by atoms with van der Waals surface area (Å²) in [5, 5.41) is 23.0. The van der Waals surface area contributed by atoms with Gasteiger partial charge in [0, 0.05) is 49.9 Å². The topological polar surface area (TPSA) is 297 Å². The molecular formula is C51H87N13O9. The number of para-hydroxylation sites is 1. The molecule has 73 heavy (non-hydrogen) atoms. The molecule has 0 aromatic heterocycles. The molecular weight excluding hydrogens is 939 g/mol. The number of primary amides is 1. The van der Waals surface area contributed by atoms with Crippen LogP contribution in [0.5, 0.6) is 0 Å². The molecule has 5 atom stereocenters. The summed E-state index contributed by atoms with van der Waals surface area (Å²) in [4.78, 5) is 115. The Kier molecular flexibility index (Phi) is 26.7. The van der Waals surface area contributed by atoms with E-state index in [1.807, 2.05) is 20.8 Å². The second kappa shape index (κ2) is 31.7. The molecule has 1 heterocycles. The highest BCUT2D eigenvalue weighted by Crippen LogP contribution is 2.31. The third-order valence-electron chi connectivity index (χ3n) is 13.3. The van der Waals surface area contributed by atoms with Crippen LogP contribution in [0.15, 0.2) is 36.2 Å². The van der Waals surface area contributed by atoms with E-state index in [0.29, 0.717) is 61.8 Å². The van der Waals surface area contributed by atoms with Crippen LogP contribution in [0.25, 0.3) is 0 Å². The summed E-state index contributed by atoms with van der Waals surface area (Å²) in [6, 6.07) is 3.27. The zero-order chi connectivity index (χ0) is 54.2. The van der Waals surface area contributed by atoms with Crippen LogP contribution in [-0.4, -0.2) is 168 Å². The lowest BCUT2D eigenvalue weighted by molar-refractivity contribution is -0.146. The van der Waals surface area contributed by atoms with Crippen molar-refractivity contribution >= 4 is 52.9 Å². The molecule has 0 saturated heterocycles. The van der Waals surface area contributed by atoms with Gasteiger partial charge in [0.05, 0.1) is 38.5 Å². The summed E-state index contributed by atoms with van der Waals surface area (Å²) in [6.07, 6.45) is 7.03. The SMILES string of the molecule is CCN(CCCC[C@@H](C(=O)NC(CO)C(=O)NCCC(=O)N(CC(N)=O)CC1=CN(CCCN)NN1)N(C(=O)CNC(=O)[C@H](C)N(C(=O)CNC(=O)CC(C)C)c1ccccc1C)C1CCCCC1C)C(C)C. The number of aryl methyl sites for hydroxylation is 1. The number of aliphatic hydroxyl groups excluding tert-OH is 1. The molecule has 8 amide bonds. The maximum Gasteiger partial charge on any atom is 0.247 e. The van der Waals surface area contributed by atoms with Gasteiger partial charge in [-0.3, -0.25) is 48.3 Å². The molecule has 1 aliphatic heterocycles. The number of hydrogen-bond donors (Lipinski definition) is 9. The van der Waals surface area contributed by atoms with Crippen LogP contribution in [0, 0.1) is 18.8 Å². The summed E-state index contributed by atoms with van der Waals surface area (Å²) in [6.45, 7) is 15.9. The number of hydrazine groups is 2. The third kappa shape index (κ3) is 20.2. The van der Waals surface area contributed by atoms with E-state index in [9.17, 15) is 43.5 Å². The molecule has 1 aromatic carbocycles. The van der Waals surface area contributed by atoms with E-state index in [-0.39, 0.29) is 63.2 Å². The molecule has 1 fully saturated rings. The van der Waals surface area contributed by atoms with Gasteiger partial charge >= 0.3 is 0 Å². The van der Waals surface area contributed by atoms with Gasteiger partial charge in [0.25, 0.3) is 0 Å². The molecule has 410 valence electrons. The lowest BCUT2D eigenvalue weighted by atomic mass is 9.83. The second-order valence-corrected chi connectivity index (χ2v) is 19.9. The van der Waals surface area contributed by atoms with Crippen molar-refractivity contribution in [2.24, 2.45) is 23.3 Å². The number of carbonyl (C=O) groups excluding carboxylic acids is 8. The Morgan fingerprint density at radius 1 is 0.877 bits per heavy atom. The number of carbonyl (C=O) groups is 8. The van der Waals surface area contributed by atoms with Gasteiger partial charge in [-0.15, -0.1) is 5.53 Å². The highest BCUT2D eigenvalue weighted by molar-refractivity contribution is 6.03. The van der Waals surface area contributed by atoms with E-state index >= 15 is 0 Å². The maximum absolute atomic E-state index is 14.8. The van der Waals surface area contributed by atoms with Crippen LogP contribution < -0.4 is 48.6 Å². The van der Waals surface area contributed by atoms with E-state index in [0.717, 1.165) is 32.4 Å². The highest BCUT2D eigenvalue weighted by atomic mass is 16.3. The molecule has 0 bridgehead atoms. The van der Waals surface area contributed by atoms with Gasteiger partial charge in [-0.2, -0.15) is 0 Å². The molecule has 0 radical (unpaired) electrons. The van der Waals surface area contributed by atoms with Crippen molar-refractivity contribution in [3.8, 4) is 0 Å². The molecule has 22 nitrogen and oxygen atoms in total. The number of nitrogens with two attached hydrogens (primary N) is 2. The maximum atomic E-state index is 14.8. The fourth-order valence-corrected chi connectivity index (χ4v) is 9.27. The molecule has 2 aliphatic rings. The van der Waals surface area contributed by atoms with Gasteiger partial charge in [0.15, 0.2) is 0 Å². The Balaban J connectivity index is 1.86. The fourth-order valence-electron chi connectivity index (χ4n) is 9.27. The summed E-state index contributed by atoms with van der Waals surface area (Å²) in [7, 11) is 0. The van der Waals surface area contributed by atoms with E-state index in [2.05, 4.69) is 57.9 Å². The summed E-state index contributed by atoms with van der Waals surface area (Å²) in [5.41, 5.74) is 18.7. The van der Waals surface area contributed by atoms with Crippen LogP contribution in [0.4, 0.5) is 5.69 Å². The molecule has 0 spiro atoms. The Bertz CT molecular complexity index is 2020. The number of nitrogens with one attached hydrogen (secondary N) is 6.